The smallest absolute Gasteiger partial charge is 0.355 e. The molecule has 8 heteroatoms. The topological polar surface area (TPSA) is 48.5 Å². The molecule has 4 rings (SSSR count). The molecule has 0 unspecified atom stereocenters. The molecule has 5 nitrogen and oxygen atoms in total. The minimum atomic E-state index is -4.60. The van der Waals surface area contributed by atoms with E-state index in [-0.39, 0.29) is 0 Å². The van der Waals surface area contributed by atoms with Crippen LogP contribution in [0.5, 0.6) is 0 Å². The Morgan fingerprint density at radius 3 is 2.39 bits per heavy atom. The number of alkyl halides is 3. The normalized spacial score (nSPS) is 15.1. The molecule has 0 bridgehead atoms. The van der Waals surface area contributed by atoms with Gasteiger partial charge in [0, 0.05) is 32.7 Å². The fourth-order valence-corrected chi connectivity index (χ4v) is 4.40. The Morgan fingerprint density at radius 1 is 0.972 bits per heavy atom. The molecule has 2 aromatic carbocycles. The average molecular weight is 497 g/mol. The number of carbonyl (C=O) groups excluding carboxylic acids is 1. The molecule has 1 aliphatic heterocycles. The lowest BCUT2D eigenvalue weighted by Gasteiger charge is -2.23. The van der Waals surface area contributed by atoms with Crippen LogP contribution in [0, 0.1) is 0 Å². The highest BCUT2D eigenvalue weighted by Gasteiger charge is 2.34. The molecule has 1 aromatic heterocycles. The molecular formula is C28H31F3N4O. The molecule has 1 amide bonds. The van der Waals surface area contributed by atoms with E-state index in [4.69, 9.17) is 0 Å². The van der Waals surface area contributed by atoms with Crippen molar-refractivity contribution in [3.63, 3.8) is 0 Å². The van der Waals surface area contributed by atoms with Crippen LogP contribution < -0.4 is 10.2 Å². The molecule has 0 aliphatic carbocycles. The Bertz CT molecular complexity index is 1160. The maximum Gasteiger partial charge on any atom is 0.417 e. The molecule has 36 heavy (non-hydrogen) atoms. The highest BCUT2D eigenvalue weighted by molar-refractivity contribution is 6.05. The van der Waals surface area contributed by atoms with Gasteiger partial charge in [-0.25, -0.2) is 4.98 Å². The highest BCUT2D eigenvalue weighted by atomic mass is 19.4. The van der Waals surface area contributed by atoms with Crippen LogP contribution in [0.15, 0.2) is 66.9 Å². The van der Waals surface area contributed by atoms with Gasteiger partial charge in [-0.2, -0.15) is 13.2 Å². The minimum Gasteiger partial charge on any atom is -0.355 e. The first-order valence-corrected chi connectivity index (χ1v) is 12.2. The molecule has 1 fully saturated rings. The van der Waals surface area contributed by atoms with Crippen LogP contribution in [0.3, 0.4) is 0 Å². The number of rotatable bonds is 6. The first kappa shape index (κ1) is 25.7. The van der Waals surface area contributed by atoms with Gasteiger partial charge in [-0.15, -0.1) is 0 Å². The summed E-state index contributed by atoms with van der Waals surface area (Å²) in [6.07, 6.45) is -2.12. The predicted molar refractivity (Wildman–Crippen MR) is 136 cm³/mol. The van der Waals surface area contributed by atoms with E-state index in [1.54, 1.807) is 12.1 Å². The summed E-state index contributed by atoms with van der Waals surface area (Å²) in [7, 11) is 0. The summed E-state index contributed by atoms with van der Waals surface area (Å²) in [6.45, 7) is 8.88. The van der Waals surface area contributed by atoms with Gasteiger partial charge in [0.25, 0.3) is 5.91 Å². The number of hydrogen-bond donors (Lipinski definition) is 1. The van der Waals surface area contributed by atoms with Gasteiger partial charge in [0.05, 0.1) is 23.0 Å². The third kappa shape index (κ3) is 6.43. The molecule has 190 valence electrons. The lowest BCUT2D eigenvalue weighted by Crippen LogP contribution is -2.31. The van der Waals surface area contributed by atoms with Crippen molar-refractivity contribution in [2.75, 3.05) is 36.4 Å². The summed E-state index contributed by atoms with van der Waals surface area (Å²) >= 11 is 0. The summed E-state index contributed by atoms with van der Waals surface area (Å²) in [4.78, 5) is 21.6. The largest absolute Gasteiger partial charge is 0.417 e. The molecule has 2 heterocycles. The quantitative estimate of drug-likeness (QED) is 0.442. The first-order valence-electron chi connectivity index (χ1n) is 12.2. The second-order valence-electron chi connectivity index (χ2n) is 9.42. The van der Waals surface area contributed by atoms with Crippen LogP contribution >= 0.6 is 0 Å². The third-order valence-electron chi connectivity index (χ3n) is 6.45. The number of nitrogens with zero attached hydrogens (tertiary/aromatic N) is 3. The monoisotopic (exact) mass is 496 g/mol. The van der Waals surface area contributed by atoms with E-state index in [1.165, 1.54) is 35.5 Å². The van der Waals surface area contributed by atoms with Crippen LogP contribution in [-0.2, 0) is 12.7 Å². The van der Waals surface area contributed by atoms with E-state index in [0.717, 1.165) is 51.0 Å². The number of nitrogens with one attached hydrogen (secondary N) is 1. The van der Waals surface area contributed by atoms with Crippen LogP contribution in [0.25, 0.3) is 0 Å². The Labute approximate surface area is 210 Å². The van der Waals surface area contributed by atoms with Crippen molar-refractivity contribution in [1.82, 2.24) is 9.88 Å². The third-order valence-corrected chi connectivity index (χ3v) is 6.45. The molecule has 1 N–H and O–H groups in total. The SMILES string of the molecule is CC(C)c1ccc(CN2CCCN(c3ccc(NC(=O)c4ccccc4C(F)(F)F)cn3)CC2)cc1. The zero-order chi connectivity index (χ0) is 25.7. The summed E-state index contributed by atoms with van der Waals surface area (Å²) in [5, 5.41) is 2.53. The lowest BCUT2D eigenvalue weighted by atomic mass is 10.0. The lowest BCUT2D eigenvalue weighted by molar-refractivity contribution is -0.137. The van der Waals surface area contributed by atoms with Gasteiger partial charge in [0.1, 0.15) is 5.82 Å². The van der Waals surface area contributed by atoms with Crippen LogP contribution in [-0.4, -0.2) is 42.0 Å². The first-order chi connectivity index (χ1) is 17.2. The maximum absolute atomic E-state index is 13.2. The number of pyridine rings is 1. The fourth-order valence-electron chi connectivity index (χ4n) is 4.40. The Hall–Kier alpha value is -3.39. The van der Waals surface area contributed by atoms with Gasteiger partial charge in [0.15, 0.2) is 0 Å². The van der Waals surface area contributed by atoms with Crippen molar-refractivity contribution >= 4 is 17.4 Å². The average Bonchev–Trinajstić information content (AvgIpc) is 3.10. The van der Waals surface area contributed by atoms with Crippen molar-refractivity contribution in [3.8, 4) is 0 Å². The molecule has 1 saturated heterocycles. The van der Waals surface area contributed by atoms with Crippen LogP contribution in [0.1, 0.15) is 53.2 Å². The molecule has 0 saturated carbocycles. The van der Waals surface area contributed by atoms with E-state index in [9.17, 15) is 18.0 Å². The van der Waals surface area contributed by atoms with E-state index >= 15 is 0 Å². The Morgan fingerprint density at radius 2 is 1.72 bits per heavy atom. The minimum absolute atomic E-state index is 0.349. The summed E-state index contributed by atoms with van der Waals surface area (Å²) in [5.74, 6) is 0.491. The summed E-state index contributed by atoms with van der Waals surface area (Å²) in [5.41, 5.74) is 1.62. The number of hydrogen-bond acceptors (Lipinski definition) is 4. The Kier molecular flexibility index (Phi) is 7.94. The van der Waals surface area contributed by atoms with E-state index in [2.05, 4.69) is 58.2 Å². The second kappa shape index (κ2) is 11.1. The second-order valence-corrected chi connectivity index (χ2v) is 9.42. The van der Waals surface area contributed by atoms with Crippen LogP contribution in [0.4, 0.5) is 24.7 Å². The van der Waals surface area contributed by atoms with Crippen molar-refractivity contribution < 1.29 is 18.0 Å². The van der Waals surface area contributed by atoms with Gasteiger partial charge < -0.3 is 10.2 Å². The molecular weight excluding hydrogens is 465 g/mol. The van der Waals surface area contributed by atoms with Gasteiger partial charge in [0.2, 0.25) is 0 Å². The molecule has 0 atom stereocenters. The maximum atomic E-state index is 13.2. The zero-order valence-corrected chi connectivity index (χ0v) is 20.6. The summed E-state index contributed by atoms with van der Waals surface area (Å²) < 4.78 is 39.7. The van der Waals surface area contributed by atoms with Gasteiger partial charge in [-0.3, -0.25) is 9.69 Å². The number of anilines is 2. The van der Waals surface area contributed by atoms with Crippen molar-refractivity contribution in [3.05, 3.63) is 89.1 Å². The Balaban J connectivity index is 1.35. The molecule has 3 aromatic rings. The number of benzene rings is 2. The van der Waals surface area contributed by atoms with Gasteiger partial charge in [-0.05, 0) is 47.7 Å². The van der Waals surface area contributed by atoms with E-state index in [1.807, 2.05) is 0 Å². The number of halogens is 3. The number of amides is 1. The zero-order valence-electron chi connectivity index (χ0n) is 20.6. The van der Waals surface area contributed by atoms with Crippen LogP contribution in [0.2, 0.25) is 0 Å². The van der Waals surface area contributed by atoms with E-state index < -0.39 is 23.2 Å². The number of aromatic nitrogens is 1. The standard InChI is InChI=1S/C28H31F3N4O/c1-20(2)22-10-8-21(9-11-22)19-34-14-5-15-35(17-16-34)26-13-12-23(18-32-26)33-27(36)24-6-3-4-7-25(24)28(29,30)31/h3-4,6-13,18,20H,5,14-17,19H2,1-2H3,(H,33,36). The highest BCUT2D eigenvalue weighted by Crippen LogP contribution is 2.32. The number of carbonyl (C=O) groups is 1. The van der Waals surface area contributed by atoms with Crippen molar-refractivity contribution in [2.45, 2.75) is 38.9 Å². The summed E-state index contributed by atoms with van der Waals surface area (Å²) in [6, 6.07) is 17.0. The van der Waals surface area contributed by atoms with Crippen molar-refractivity contribution in [2.24, 2.45) is 0 Å². The van der Waals surface area contributed by atoms with Gasteiger partial charge in [-0.1, -0.05) is 50.2 Å². The molecule has 1 aliphatic rings. The van der Waals surface area contributed by atoms with Gasteiger partial charge >= 0.3 is 6.18 Å². The molecule has 0 radical (unpaired) electrons. The fraction of sp³-hybridized carbons (Fsp3) is 0.357. The van der Waals surface area contributed by atoms with E-state index in [0.29, 0.717) is 11.6 Å². The van der Waals surface area contributed by atoms with Crippen molar-refractivity contribution in [1.29, 1.82) is 0 Å². The molecule has 0 spiro atoms. The predicted octanol–water partition coefficient (Wildman–Crippen LogP) is 6.19.